The fourth-order valence-corrected chi connectivity index (χ4v) is 2.05. The molecule has 1 aromatic heterocycles. The molecule has 108 valence electrons. The number of hydrogen-bond acceptors (Lipinski definition) is 4. The molecule has 1 heterocycles. The first-order chi connectivity index (χ1) is 9.09. The fraction of sp³-hybridized carbons (Fsp3) is 0.667. The highest BCUT2D eigenvalue weighted by atomic mass is 16.3. The van der Waals surface area contributed by atoms with Crippen molar-refractivity contribution in [3.05, 3.63) is 30.1 Å². The molecule has 1 aromatic rings. The van der Waals surface area contributed by atoms with Crippen molar-refractivity contribution in [1.29, 1.82) is 0 Å². The van der Waals surface area contributed by atoms with Gasteiger partial charge in [-0.1, -0.05) is 13.0 Å². The second kappa shape index (κ2) is 8.25. The van der Waals surface area contributed by atoms with E-state index in [9.17, 15) is 5.11 Å². The van der Waals surface area contributed by atoms with Gasteiger partial charge in [0.15, 0.2) is 0 Å². The van der Waals surface area contributed by atoms with Crippen LogP contribution in [0.2, 0.25) is 0 Å². The third-order valence-electron chi connectivity index (χ3n) is 3.47. The van der Waals surface area contributed by atoms with Gasteiger partial charge in [0.25, 0.3) is 0 Å². The van der Waals surface area contributed by atoms with Gasteiger partial charge in [-0.25, -0.2) is 0 Å². The van der Waals surface area contributed by atoms with E-state index in [2.05, 4.69) is 42.2 Å². The average Bonchev–Trinajstić information content (AvgIpc) is 2.44. The SMILES string of the molecule is CCNC(C)(CO)CCN(C)CCc1ccccn1. The standard InChI is InChI=1S/C15H27N3O/c1-4-17-15(2,13-19)9-12-18(3)11-8-14-7-5-6-10-16-14/h5-7,10,17,19H,4,8-9,11-13H2,1-3H3. The van der Waals surface area contributed by atoms with Crippen LogP contribution in [0.5, 0.6) is 0 Å². The molecule has 4 heteroatoms. The second-order valence-corrected chi connectivity index (χ2v) is 5.37. The van der Waals surface area contributed by atoms with Gasteiger partial charge in [-0.15, -0.1) is 0 Å². The number of pyridine rings is 1. The molecule has 0 aliphatic heterocycles. The minimum Gasteiger partial charge on any atom is -0.394 e. The van der Waals surface area contributed by atoms with Crippen LogP contribution in [-0.4, -0.2) is 53.8 Å². The number of aromatic nitrogens is 1. The van der Waals surface area contributed by atoms with Crippen LogP contribution in [0.1, 0.15) is 26.0 Å². The molecule has 0 fully saturated rings. The van der Waals surface area contributed by atoms with Crippen LogP contribution in [-0.2, 0) is 6.42 Å². The molecular formula is C15H27N3O. The Morgan fingerprint density at radius 3 is 2.74 bits per heavy atom. The molecule has 0 amide bonds. The summed E-state index contributed by atoms with van der Waals surface area (Å²) in [5, 5.41) is 12.8. The van der Waals surface area contributed by atoms with E-state index in [1.54, 1.807) is 0 Å². The van der Waals surface area contributed by atoms with Gasteiger partial charge in [-0.2, -0.15) is 0 Å². The number of hydrogen-bond donors (Lipinski definition) is 2. The summed E-state index contributed by atoms with van der Waals surface area (Å²) in [5.41, 5.74) is 0.958. The molecule has 0 aliphatic rings. The number of aliphatic hydroxyl groups is 1. The third kappa shape index (κ3) is 6.14. The van der Waals surface area contributed by atoms with Crippen molar-refractivity contribution in [1.82, 2.24) is 15.2 Å². The topological polar surface area (TPSA) is 48.4 Å². The fourth-order valence-electron chi connectivity index (χ4n) is 2.05. The van der Waals surface area contributed by atoms with E-state index in [-0.39, 0.29) is 12.1 Å². The van der Waals surface area contributed by atoms with E-state index in [1.807, 2.05) is 18.3 Å². The lowest BCUT2D eigenvalue weighted by molar-refractivity contribution is 0.153. The highest BCUT2D eigenvalue weighted by Crippen LogP contribution is 2.09. The largest absolute Gasteiger partial charge is 0.394 e. The van der Waals surface area contributed by atoms with Gasteiger partial charge in [0.05, 0.1) is 6.61 Å². The second-order valence-electron chi connectivity index (χ2n) is 5.37. The molecule has 1 rings (SSSR count). The maximum atomic E-state index is 9.45. The van der Waals surface area contributed by atoms with E-state index in [0.29, 0.717) is 0 Å². The zero-order valence-electron chi connectivity index (χ0n) is 12.4. The maximum Gasteiger partial charge on any atom is 0.0611 e. The normalized spacial score (nSPS) is 14.6. The smallest absolute Gasteiger partial charge is 0.0611 e. The predicted octanol–water partition coefficient (Wildman–Crippen LogP) is 1.31. The van der Waals surface area contributed by atoms with Crippen molar-refractivity contribution in [3.63, 3.8) is 0 Å². The first kappa shape index (κ1) is 16.1. The summed E-state index contributed by atoms with van der Waals surface area (Å²) in [6.07, 6.45) is 3.74. The molecule has 4 nitrogen and oxygen atoms in total. The lowest BCUT2D eigenvalue weighted by atomic mass is 9.98. The minimum atomic E-state index is -0.173. The Balaban J connectivity index is 2.29. The third-order valence-corrected chi connectivity index (χ3v) is 3.47. The number of nitrogens with zero attached hydrogens (tertiary/aromatic N) is 2. The van der Waals surface area contributed by atoms with E-state index in [1.165, 1.54) is 0 Å². The Kier molecular flexibility index (Phi) is 6.99. The van der Waals surface area contributed by atoms with Crippen LogP contribution < -0.4 is 5.32 Å². The quantitative estimate of drug-likeness (QED) is 0.707. The van der Waals surface area contributed by atoms with E-state index >= 15 is 0 Å². The van der Waals surface area contributed by atoms with Crippen LogP contribution in [0.4, 0.5) is 0 Å². The number of nitrogens with one attached hydrogen (secondary N) is 1. The van der Waals surface area contributed by atoms with E-state index in [4.69, 9.17) is 0 Å². The summed E-state index contributed by atoms with van der Waals surface area (Å²) in [6, 6.07) is 6.02. The molecule has 19 heavy (non-hydrogen) atoms. The van der Waals surface area contributed by atoms with Gasteiger partial charge >= 0.3 is 0 Å². The van der Waals surface area contributed by atoms with Crippen LogP contribution >= 0.6 is 0 Å². The Labute approximate surface area is 116 Å². The predicted molar refractivity (Wildman–Crippen MR) is 79.2 cm³/mol. The molecule has 2 N–H and O–H groups in total. The number of rotatable bonds is 9. The van der Waals surface area contributed by atoms with Crippen LogP contribution in [0.15, 0.2) is 24.4 Å². The van der Waals surface area contributed by atoms with Crippen molar-refractivity contribution >= 4 is 0 Å². The summed E-state index contributed by atoms with van der Waals surface area (Å²) in [4.78, 5) is 6.62. The molecule has 0 radical (unpaired) electrons. The summed E-state index contributed by atoms with van der Waals surface area (Å²) in [7, 11) is 2.12. The summed E-state index contributed by atoms with van der Waals surface area (Å²) in [5.74, 6) is 0. The summed E-state index contributed by atoms with van der Waals surface area (Å²) >= 11 is 0. The number of aliphatic hydroxyl groups excluding tert-OH is 1. The van der Waals surface area contributed by atoms with Crippen LogP contribution in [0.25, 0.3) is 0 Å². The highest BCUT2D eigenvalue weighted by Gasteiger charge is 2.21. The molecule has 0 bridgehead atoms. The molecule has 0 saturated heterocycles. The van der Waals surface area contributed by atoms with Crippen molar-refractivity contribution in [2.24, 2.45) is 0 Å². The van der Waals surface area contributed by atoms with Gasteiger partial charge in [-0.05, 0) is 45.6 Å². The summed E-state index contributed by atoms with van der Waals surface area (Å²) < 4.78 is 0. The Morgan fingerprint density at radius 2 is 2.16 bits per heavy atom. The maximum absolute atomic E-state index is 9.45. The molecular weight excluding hydrogens is 238 g/mol. The monoisotopic (exact) mass is 265 g/mol. The summed E-state index contributed by atoms with van der Waals surface area (Å²) in [6.45, 7) is 7.16. The molecule has 1 atom stereocenters. The van der Waals surface area contributed by atoms with Crippen molar-refractivity contribution < 1.29 is 5.11 Å². The Bertz CT molecular complexity index is 345. The first-order valence-electron chi connectivity index (χ1n) is 7.04. The molecule has 0 saturated carbocycles. The van der Waals surface area contributed by atoms with Gasteiger partial charge in [0.2, 0.25) is 0 Å². The molecule has 0 spiro atoms. The highest BCUT2D eigenvalue weighted by molar-refractivity contribution is 5.03. The van der Waals surface area contributed by atoms with Crippen LogP contribution in [0, 0.1) is 0 Å². The van der Waals surface area contributed by atoms with E-state index in [0.717, 1.165) is 38.2 Å². The van der Waals surface area contributed by atoms with Crippen molar-refractivity contribution in [2.75, 3.05) is 33.3 Å². The zero-order chi connectivity index (χ0) is 14.1. The van der Waals surface area contributed by atoms with Gasteiger partial charge in [0.1, 0.15) is 0 Å². The zero-order valence-corrected chi connectivity index (χ0v) is 12.4. The molecule has 0 aromatic carbocycles. The molecule has 0 aliphatic carbocycles. The van der Waals surface area contributed by atoms with Crippen LogP contribution in [0.3, 0.4) is 0 Å². The Morgan fingerprint density at radius 1 is 1.37 bits per heavy atom. The average molecular weight is 265 g/mol. The van der Waals surface area contributed by atoms with Gasteiger partial charge < -0.3 is 15.3 Å². The first-order valence-corrected chi connectivity index (χ1v) is 7.04. The lowest BCUT2D eigenvalue weighted by Crippen LogP contribution is -2.47. The van der Waals surface area contributed by atoms with E-state index < -0.39 is 0 Å². The molecule has 1 unspecified atom stereocenters. The van der Waals surface area contributed by atoms with Crippen molar-refractivity contribution in [3.8, 4) is 0 Å². The Hall–Kier alpha value is -0.970. The number of likely N-dealkylation sites (N-methyl/N-ethyl adjacent to an activating group) is 2. The van der Waals surface area contributed by atoms with Gasteiger partial charge in [0, 0.05) is 30.4 Å². The lowest BCUT2D eigenvalue weighted by Gasteiger charge is -2.30. The minimum absolute atomic E-state index is 0.173. The van der Waals surface area contributed by atoms with Crippen molar-refractivity contribution in [2.45, 2.75) is 32.2 Å². The van der Waals surface area contributed by atoms with Gasteiger partial charge in [-0.3, -0.25) is 4.98 Å².